The van der Waals surface area contributed by atoms with Gasteiger partial charge in [0.05, 0.1) is 11.2 Å². The van der Waals surface area contributed by atoms with Gasteiger partial charge < -0.3 is 15.1 Å². The van der Waals surface area contributed by atoms with Crippen LogP contribution in [0.25, 0.3) is 0 Å². The fourth-order valence-electron chi connectivity index (χ4n) is 2.71. The molecule has 1 aliphatic carbocycles. The van der Waals surface area contributed by atoms with Crippen LogP contribution in [-0.4, -0.2) is 45.2 Å². The first-order valence-electron chi connectivity index (χ1n) is 5.91. The van der Waals surface area contributed by atoms with Crippen LogP contribution in [0, 0.1) is 0 Å². The first kappa shape index (κ1) is 12.2. The number of likely N-dealkylation sites (tertiary alicyclic amines) is 1. The Hall–Kier alpha value is -1.89. The molecule has 6 nitrogen and oxygen atoms in total. The van der Waals surface area contributed by atoms with Crippen LogP contribution in [0.3, 0.4) is 0 Å². The molecule has 0 fully saturated rings. The zero-order valence-electron chi connectivity index (χ0n) is 10.00. The van der Waals surface area contributed by atoms with E-state index in [2.05, 4.69) is 4.98 Å². The number of carboxylic acid groups (broad SMARTS) is 2. The van der Waals surface area contributed by atoms with Crippen LogP contribution in [-0.2, 0) is 0 Å². The predicted molar refractivity (Wildman–Crippen MR) is 67.7 cm³/mol. The second-order valence-electron chi connectivity index (χ2n) is 4.82. The summed E-state index contributed by atoms with van der Waals surface area (Å²) in [6, 6.07) is 0. The van der Waals surface area contributed by atoms with E-state index in [-0.39, 0.29) is 10.8 Å². The first-order chi connectivity index (χ1) is 9.04. The van der Waals surface area contributed by atoms with Crippen molar-refractivity contribution in [3.63, 3.8) is 0 Å². The lowest BCUT2D eigenvalue weighted by molar-refractivity contribution is 0.0702. The van der Waals surface area contributed by atoms with Gasteiger partial charge in [0.25, 0.3) is 0 Å². The summed E-state index contributed by atoms with van der Waals surface area (Å²) in [6.45, 7) is 0.969. The number of hydrogen-bond donors (Lipinski definition) is 2. The maximum atomic E-state index is 10.9. The fraction of sp³-hybridized carbons (Fsp3) is 0.417. The highest BCUT2D eigenvalue weighted by molar-refractivity contribution is 7.13. The molecular formula is C12H12N2O4S. The molecule has 2 aliphatic rings. The molecule has 1 amide bonds. The third-order valence-corrected chi connectivity index (χ3v) is 4.75. The molecule has 1 aromatic rings. The summed E-state index contributed by atoms with van der Waals surface area (Å²) < 4.78 is 0. The van der Waals surface area contributed by atoms with E-state index in [1.54, 1.807) is 0 Å². The lowest BCUT2D eigenvalue weighted by Crippen LogP contribution is -2.28. The van der Waals surface area contributed by atoms with Crippen molar-refractivity contribution in [2.75, 3.05) is 13.1 Å². The number of nitrogens with zero attached hydrogens (tertiary/aromatic N) is 2. The Morgan fingerprint density at radius 3 is 2.37 bits per heavy atom. The molecule has 0 saturated carbocycles. The maximum Gasteiger partial charge on any atom is 0.407 e. The lowest BCUT2D eigenvalue weighted by Gasteiger charge is -2.16. The zero-order chi connectivity index (χ0) is 13.6. The van der Waals surface area contributed by atoms with Gasteiger partial charge in [-0.2, -0.15) is 0 Å². The van der Waals surface area contributed by atoms with Crippen LogP contribution in [0.4, 0.5) is 4.79 Å². The van der Waals surface area contributed by atoms with E-state index < -0.39 is 12.1 Å². The first-order valence-corrected chi connectivity index (χ1v) is 6.73. The average molecular weight is 280 g/mol. The Bertz CT molecular complexity index is 574. The number of carbonyl (C=O) groups is 2. The number of thiazole rings is 1. The molecule has 0 radical (unpaired) electrons. The van der Waals surface area contributed by atoms with E-state index in [9.17, 15) is 9.59 Å². The Morgan fingerprint density at radius 2 is 1.89 bits per heavy atom. The van der Waals surface area contributed by atoms with Crippen molar-refractivity contribution >= 4 is 23.4 Å². The van der Waals surface area contributed by atoms with Crippen LogP contribution in [0.1, 0.15) is 33.4 Å². The number of hydrogen-bond acceptors (Lipinski definition) is 4. The average Bonchev–Trinajstić information content (AvgIpc) is 3.01. The van der Waals surface area contributed by atoms with Crippen molar-refractivity contribution in [1.82, 2.24) is 9.88 Å². The van der Waals surface area contributed by atoms with Crippen LogP contribution in [0.5, 0.6) is 0 Å². The molecule has 7 heteroatoms. The van der Waals surface area contributed by atoms with E-state index in [0.717, 1.165) is 17.8 Å². The summed E-state index contributed by atoms with van der Waals surface area (Å²) >= 11 is 1.22. The van der Waals surface area contributed by atoms with Crippen molar-refractivity contribution in [2.24, 2.45) is 0 Å². The van der Waals surface area contributed by atoms with E-state index in [4.69, 9.17) is 10.2 Å². The molecule has 1 aliphatic heterocycles. The van der Waals surface area contributed by atoms with Gasteiger partial charge in [-0.1, -0.05) is 0 Å². The van der Waals surface area contributed by atoms with E-state index in [1.165, 1.54) is 33.6 Å². The van der Waals surface area contributed by atoms with Gasteiger partial charge in [-0.05, 0) is 24.0 Å². The van der Waals surface area contributed by atoms with Gasteiger partial charge >= 0.3 is 12.1 Å². The topological polar surface area (TPSA) is 90.7 Å². The molecule has 0 atom stereocenters. The molecule has 0 aromatic carbocycles. The van der Waals surface area contributed by atoms with Gasteiger partial charge in [0.2, 0.25) is 0 Å². The number of carboxylic acids is 1. The van der Waals surface area contributed by atoms with Crippen LogP contribution in [0.2, 0.25) is 0 Å². The number of amides is 1. The van der Waals surface area contributed by atoms with Crippen LogP contribution in [0.15, 0.2) is 17.3 Å². The van der Waals surface area contributed by atoms with Gasteiger partial charge in [0.1, 0.15) is 4.88 Å². The summed E-state index contributed by atoms with van der Waals surface area (Å²) in [6.07, 6.45) is 2.11. The van der Waals surface area contributed by atoms with Gasteiger partial charge in [0, 0.05) is 19.0 Å². The highest BCUT2D eigenvalue weighted by atomic mass is 32.1. The van der Waals surface area contributed by atoms with Crippen LogP contribution >= 0.6 is 11.3 Å². The molecule has 19 heavy (non-hydrogen) atoms. The zero-order valence-corrected chi connectivity index (χ0v) is 10.8. The molecule has 0 spiro atoms. The third kappa shape index (κ3) is 2.10. The Kier molecular flexibility index (Phi) is 2.78. The van der Waals surface area contributed by atoms with Gasteiger partial charge in [-0.15, -0.1) is 11.3 Å². The highest BCUT2D eigenvalue weighted by Gasteiger charge is 2.35. The molecule has 0 unspecified atom stereocenters. The minimum absolute atomic E-state index is 0.221. The largest absolute Gasteiger partial charge is 0.477 e. The SMILES string of the molecule is O=C(O)c1cnc(C2CC3=C(C2)CN(C(=O)O)C3)s1. The number of rotatable bonds is 2. The van der Waals surface area contributed by atoms with Gasteiger partial charge in [-0.25, -0.2) is 14.6 Å². The monoisotopic (exact) mass is 280 g/mol. The van der Waals surface area contributed by atoms with Crippen LogP contribution < -0.4 is 0 Å². The van der Waals surface area contributed by atoms with Crippen molar-refractivity contribution in [3.05, 3.63) is 27.2 Å². The second kappa shape index (κ2) is 4.34. The smallest absolute Gasteiger partial charge is 0.407 e. The summed E-state index contributed by atoms with van der Waals surface area (Å²) in [7, 11) is 0. The molecule has 0 saturated heterocycles. The fourth-order valence-corrected chi connectivity index (χ4v) is 3.57. The molecule has 3 rings (SSSR count). The highest BCUT2D eigenvalue weighted by Crippen LogP contribution is 2.43. The molecule has 2 N–H and O–H groups in total. The molecule has 0 bridgehead atoms. The molecule has 100 valence electrons. The van der Waals surface area contributed by atoms with Crippen molar-refractivity contribution in [3.8, 4) is 0 Å². The minimum atomic E-state index is -0.945. The Balaban J connectivity index is 1.69. The van der Waals surface area contributed by atoms with Crippen molar-refractivity contribution in [1.29, 1.82) is 0 Å². The quantitative estimate of drug-likeness (QED) is 0.809. The maximum absolute atomic E-state index is 10.9. The normalized spacial score (nSPS) is 19.1. The van der Waals surface area contributed by atoms with E-state index in [0.29, 0.717) is 13.1 Å². The number of aromatic carboxylic acids is 1. The Labute approximate surface area is 113 Å². The van der Waals surface area contributed by atoms with Gasteiger partial charge in [0.15, 0.2) is 0 Å². The van der Waals surface area contributed by atoms with Gasteiger partial charge in [-0.3, -0.25) is 0 Å². The summed E-state index contributed by atoms with van der Waals surface area (Å²) in [5.41, 5.74) is 2.36. The summed E-state index contributed by atoms with van der Waals surface area (Å²) in [4.78, 5) is 27.6. The summed E-state index contributed by atoms with van der Waals surface area (Å²) in [5.74, 6) is -0.724. The lowest BCUT2D eigenvalue weighted by atomic mass is 10.1. The summed E-state index contributed by atoms with van der Waals surface area (Å²) in [5, 5.41) is 18.7. The predicted octanol–water partition coefficient (Wildman–Crippen LogP) is 2.01. The molecule has 1 aromatic heterocycles. The molecule has 2 heterocycles. The third-order valence-electron chi connectivity index (χ3n) is 3.60. The molecular weight excluding hydrogens is 268 g/mol. The van der Waals surface area contributed by atoms with E-state index >= 15 is 0 Å². The minimum Gasteiger partial charge on any atom is -0.477 e. The standard InChI is InChI=1S/C12H12N2O4S/c15-11(16)9-3-13-10(19-9)6-1-7-4-14(12(17)18)5-8(7)2-6/h3,6H,1-2,4-5H2,(H,15,16)(H,17,18). The Morgan fingerprint density at radius 1 is 1.26 bits per heavy atom. The van der Waals surface area contributed by atoms with Crippen molar-refractivity contribution < 1.29 is 19.8 Å². The number of aromatic nitrogens is 1. The second-order valence-corrected chi connectivity index (χ2v) is 5.88. The van der Waals surface area contributed by atoms with Crippen molar-refractivity contribution in [2.45, 2.75) is 18.8 Å². The van der Waals surface area contributed by atoms with E-state index in [1.807, 2.05) is 0 Å².